The Balaban J connectivity index is 1.73. The molecule has 10 nitrogen and oxygen atoms in total. The van der Waals surface area contributed by atoms with E-state index in [-0.39, 0.29) is 44.2 Å². The Kier molecular flexibility index (Phi) is 34.2. The Labute approximate surface area is 367 Å². The smallest absolute Gasteiger partial charge is 0.407 e. The molecule has 1 amide bonds. The molecule has 1 saturated heterocycles. The molecule has 1 saturated carbocycles. The Morgan fingerprint density at radius 3 is 1.63 bits per heavy atom. The summed E-state index contributed by atoms with van der Waals surface area (Å²) in [6.45, 7) is 9.60. The number of alkyl carbamates (subject to hydrolysis) is 1. The van der Waals surface area contributed by atoms with E-state index >= 15 is 0 Å². The number of likely N-dealkylation sites (tertiary alicyclic amines) is 1. The molecule has 0 aromatic heterocycles. The van der Waals surface area contributed by atoms with Crippen LogP contribution < -0.4 is 5.32 Å². The van der Waals surface area contributed by atoms with Crippen molar-refractivity contribution < 1.29 is 38.1 Å². The zero-order valence-corrected chi connectivity index (χ0v) is 38.8. The summed E-state index contributed by atoms with van der Waals surface area (Å²) < 4.78 is 29.1. The summed E-state index contributed by atoms with van der Waals surface area (Å²) in [5, 5.41) is 2.95. The van der Waals surface area contributed by atoms with Crippen molar-refractivity contribution in [2.45, 2.75) is 225 Å². The molecule has 10 heteroatoms. The van der Waals surface area contributed by atoms with Gasteiger partial charge >= 0.3 is 18.0 Å². The largest absolute Gasteiger partial charge is 0.465 e. The maximum Gasteiger partial charge on any atom is 0.407 e. The molecule has 0 aromatic rings. The standard InChI is InChI=1S/C50H90N2O8/c1-4-7-10-13-16-17-18-19-20-21-22-23-24-25-28-34-47(53)58-41-44(43-60-50(55)51-45-39-52(40-45)46-32-31-33-46)42-59-48(54)35-36-49(56-37-29-26-14-11-8-5-2)57-38-30-27-15-12-9-6-3/h16-17,19-20,44-46,49H,4-15,18,21-43H2,1-3H3,(H,51,55)/b17-16-,20-19-. The van der Waals surface area contributed by atoms with Gasteiger partial charge in [0.15, 0.2) is 6.29 Å². The van der Waals surface area contributed by atoms with E-state index in [1.54, 1.807) is 0 Å². The number of allylic oxidation sites excluding steroid dienone is 4. The number of carbonyl (C=O) groups excluding carboxylic acids is 3. The van der Waals surface area contributed by atoms with Gasteiger partial charge in [-0.1, -0.05) is 148 Å². The molecular formula is C50H90N2O8. The number of amides is 1. The first kappa shape index (κ1) is 53.7. The van der Waals surface area contributed by atoms with Gasteiger partial charge in [0.2, 0.25) is 0 Å². The number of hydrogen-bond donors (Lipinski definition) is 1. The second-order valence-corrected chi connectivity index (χ2v) is 17.4. The maximum absolute atomic E-state index is 13.0. The number of carbonyl (C=O) groups is 3. The van der Waals surface area contributed by atoms with Crippen LogP contribution in [-0.4, -0.2) is 87.4 Å². The third-order valence-corrected chi connectivity index (χ3v) is 11.8. The van der Waals surface area contributed by atoms with Crippen molar-refractivity contribution in [3.63, 3.8) is 0 Å². The van der Waals surface area contributed by atoms with Gasteiger partial charge in [-0.25, -0.2) is 4.79 Å². The molecule has 2 aliphatic rings. The number of rotatable bonds is 41. The van der Waals surface area contributed by atoms with Gasteiger partial charge in [-0.15, -0.1) is 0 Å². The normalized spacial score (nSPS) is 15.4. The summed E-state index contributed by atoms with van der Waals surface area (Å²) in [6, 6.07) is 0.738. The van der Waals surface area contributed by atoms with E-state index in [9.17, 15) is 14.4 Å². The van der Waals surface area contributed by atoms with Crippen LogP contribution in [0.25, 0.3) is 0 Å². The van der Waals surface area contributed by atoms with E-state index in [4.69, 9.17) is 23.7 Å². The molecule has 1 unspecified atom stereocenters. The summed E-state index contributed by atoms with van der Waals surface area (Å²) in [5.41, 5.74) is 0. The zero-order chi connectivity index (χ0) is 43.1. The quantitative estimate of drug-likeness (QED) is 0.0211. The van der Waals surface area contributed by atoms with Gasteiger partial charge in [-0.2, -0.15) is 0 Å². The SMILES string of the molecule is CCCCC/C=C\C/C=C\CCCCCCCC(=O)OCC(COC(=O)CCC(OCCCCCCCC)OCCCCCCCC)COC(=O)NC1CN(C2CCC2)C1. The van der Waals surface area contributed by atoms with Crippen LogP contribution in [-0.2, 0) is 33.3 Å². The molecule has 1 atom stereocenters. The van der Waals surface area contributed by atoms with E-state index in [0.29, 0.717) is 32.1 Å². The van der Waals surface area contributed by atoms with Gasteiger partial charge in [-0.05, 0) is 64.2 Å². The molecule has 348 valence electrons. The first-order chi connectivity index (χ1) is 29.4. The summed E-state index contributed by atoms with van der Waals surface area (Å²) in [6.07, 6.45) is 39.3. The van der Waals surface area contributed by atoms with Crippen LogP contribution in [0.1, 0.15) is 207 Å². The van der Waals surface area contributed by atoms with Gasteiger partial charge in [0.1, 0.15) is 19.8 Å². The molecule has 2 fully saturated rings. The van der Waals surface area contributed by atoms with Crippen molar-refractivity contribution >= 4 is 18.0 Å². The van der Waals surface area contributed by atoms with Crippen LogP contribution in [0.15, 0.2) is 24.3 Å². The van der Waals surface area contributed by atoms with E-state index in [1.165, 1.54) is 96.3 Å². The van der Waals surface area contributed by atoms with Gasteiger partial charge < -0.3 is 29.0 Å². The molecule has 1 heterocycles. The fourth-order valence-corrected chi connectivity index (χ4v) is 7.49. The van der Waals surface area contributed by atoms with Crippen LogP contribution in [0.5, 0.6) is 0 Å². The van der Waals surface area contributed by atoms with E-state index < -0.39 is 18.3 Å². The first-order valence-electron chi connectivity index (χ1n) is 25.0. The number of esters is 2. The number of ether oxygens (including phenoxy) is 5. The lowest BCUT2D eigenvalue weighted by Crippen LogP contribution is -2.63. The molecular weight excluding hydrogens is 757 g/mol. The monoisotopic (exact) mass is 847 g/mol. The number of unbranched alkanes of at least 4 members (excludes halogenated alkanes) is 18. The highest BCUT2D eigenvalue weighted by atomic mass is 16.7. The molecule has 1 aliphatic carbocycles. The molecule has 0 radical (unpaired) electrons. The fourth-order valence-electron chi connectivity index (χ4n) is 7.49. The number of nitrogens with zero attached hydrogens (tertiary/aromatic N) is 1. The fraction of sp³-hybridized carbons (Fsp3) is 0.860. The van der Waals surface area contributed by atoms with Crippen molar-refractivity contribution in [1.29, 1.82) is 0 Å². The second-order valence-electron chi connectivity index (χ2n) is 17.4. The van der Waals surface area contributed by atoms with Gasteiger partial charge in [0.25, 0.3) is 0 Å². The number of hydrogen-bond acceptors (Lipinski definition) is 9. The average molecular weight is 847 g/mol. The van der Waals surface area contributed by atoms with Crippen molar-refractivity contribution in [3.05, 3.63) is 24.3 Å². The van der Waals surface area contributed by atoms with Crippen molar-refractivity contribution in [1.82, 2.24) is 10.2 Å². The Morgan fingerprint density at radius 1 is 0.583 bits per heavy atom. The van der Waals surface area contributed by atoms with E-state index in [1.807, 2.05) is 0 Å². The van der Waals surface area contributed by atoms with Crippen LogP contribution >= 0.6 is 0 Å². The summed E-state index contributed by atoms with van der Waals surface area (Å²) >= 11 is 0. The molecule has 60 heavy (non-hydrogen) atoms. The minimum atomic E-state index is -0.492. The van der Waals surface area contributed by atoms with E-state index in [2.05, 4.69) is 55.3 Å². The molecule has 1 N–H and O–H groups in total. The Bertz CT molecular complexity index is 1090. The third-order valence-electron chi connectivity index (χ3n) is 11.8. The maximum atomic E-state index is 13.0. The lowest BCUT2D eigenvalue weighted by atomic mass is 9.88. The lowest BCUT2D eigenvalue weighted by molar-refractivity contribution is -0.161. The zero-order valence-electron chi connectivity index (χ0n) is 38.8. The van der Waals surface area contributed by atoms with Gasteiger partial charge in [0, 0.05) is 45.2 Å². The van der Waals surface area contributed by atoms with Crippen molar-refractivity contribution in [3.8, 4) is 0 Å². The predicted molar refractivity (Wildman–Crippen MR) is 244 cm³/mol. The first-order valence-corrected chi connectivity index (χ1v) is 25.0. The molecule has 0 aromatic carbocycles. The topological polar surface area (TPSA) is 113 Å². The Morgan fingerprint density at radius 2 is 1.07 bits per heavy atom. The molecule has 0 bridgehead atoms. The minimum Gasteiger partial charge on any atom is -0.465 e. The molecule has 0 spiro atoms. The van der Waals surface area contributed by atoms with E-state index in [0.717, 1.165) is 83.7 Å². The van der Waals surface area contributed by atoms with Crippen LogP contribution in [0.3, 0.4) is 0 Å². The second kappa shape index (κ2) is 38.3. The van der Waals surface area contributed by atoms with Gasteiger partial charge in [0.05, 0.1) is 18.4 Å². The minimum absolute atomic E-state index is 0.0100. The van der Waals surface area contributed by atoms with Crippen LogP contribution in [0, 0.1) is 5.92 Å². The predicted octanol–water partition coefficient (Wildman–Crippen LogP) is 12.3. The van der Waals surface area contributed by atoms with Gasteiger partial charge in [-0.3, -0.25) is 14.5 Å². The highest BCUT2D eigenvalue weighted by Gasteiger charge is 2.36. The summed E-state index contributed by atoms with van der Waals surface area (Å²) in [7, 11) is 0. The average Bonchev–Trinajstić information content (AvgIpc) is 3.21. The lowest BCUT2D eigenvalue weighted by Gasteiger charge is -2.47. The van der Waals surface area contributed by atoms with Crippen LogP contribution in [0.4, 0.5) is 4.79 Å². The Hall–Kier alpha value is -2.43. The van der Waals surface area contributed by atoms with Crippen LogP contribution in [0.2, 0.25) is 0 Å². The highest BCUT2D eigenvalue weighted by molar-refractivity contribution is 5.70. The third kappa shape index (κ3) is 29.8. The molecule has 2 rings (SSSR count). The summed E-state index contributed by atoms with van der Waals surface area (Å²) in [4.78, 5) is 40.8. The highest BCUT2D eigenvalue weighted by Crippen LogP contribution is 2.28. The number of nitrogens with one attached hydrogen (secondary N) is 1. The molecule has 1 aliphatic heterocycles. The van der Waals surface area contributed by atoms with Crippen molar-refractivity contribution in [2.24, 2.45) is 5.92 Å². The van der Waals surface area contributed by atoms with Crippen molar-refractivity contribution in [2.75, 3.05) is 46.1 Å². The summed E-state index contributed by atoms with van der Waals surface area (Å²) in [5.74, 6) is -1.12.